The molecule has 198 valence electrons. The van der Waals surface area contributed by atoms with Gasteiger partial charge in [-0.3, -0.25) is 0 Å². The molecule has 0 bridgehead atoms. The highest BCUT2D eigenvalue weighted by Gasteiger charge is 2.47. The zero-order valence-corrected chi connectivity index (χ0v) is 26.6. The van der Waals surface area contributed by atoms with Crippen LogP contribution in [0.5, 0.6) is 0 Å². The first-order valence-electron chi connectivity index (χ1n) is 14.5. The van der Waals surface area contributed by atoms with Crippen LogP contribution < -0.4 is 0 Å². The normalized spacial score (nSPS) is 29.7. The second kappa shape index (κ2) is 11.9. The lowest BCUT2D eigenvalue weighted by Gasteiger charge is -2.49. The summed E-state index contributed by atoms with van der Waals surface area (Å²) in [7, 11) is -3.41. The molecule has 0 radical (unpaired) electrons. The number of rotatable bonds is 12. The minimum atomic E-state index is -1.79. The molecule has 2 aliphatic carbocycles. The van der Waals surface area contributed by atoms with E-state index in [-0.39, 0.29) is 10.6 Å². The van der Waals surface area contributed by atoms with Crippen LogP contribution in [0.15, 0.2) is 24.3 Å². The molecule has 0 amide bonds. The van der Waals surface area contributed by atoms with Crippen molar-refractivity contribution in [3.05, 3.63) is 24.3 Å². The highest BCUT2D eigenvalue weighted by molar-refractivity contribution is 6.74. The van der Waals surface area contributed by atoms with Gasteiger partial charge < -0.3 is 8.85 Å². The molecule has 2 rings (SSSR count). The van der Waals surface area contributed by atoms with Gasteiger partial charge in [0.1, 0.15) is 0 Å². The van der Waals surface area contributed by atoms with E-state index in [1.165, 1.54) is 50.2 Å². The molecule has 0 aromatic heterocycles. The Labute approximate surface area is 215 Å². The van der Waals surface area contributed by atoms with E-state index in [2.05, 4.69) is 87.2 Å². The monoisotopic (exact) mass is 506 g/mol. The van der Waals surface area contributed by atoms with E-state index in [1.54, 1.807) is 5.57 Å². The lowest BCUT2D eigenvalue weighted by Crippen LogP contribution is -2.50. The molecule has 2 aliphatic rings. The summed E-state index contributed by atoms with van der Waals surface area (Å²) in [6.45, 7) is 28.0. The average molecular weight is 507 g/mol. The van der Waals surface area contributed by atoms with E-state index >= 15 is 0 Å². The van der Waals surface area contributed by atoms with Crippen molar-refractivity contribution in [1.82, 2.24) is 0 Å². The summed E-state index contributed by atoms with van der Waals surface area (Å²) in [5, 5.41) is 0.259. The molecule has 0 aliphatic heterocycles. The maximum Gasteiger partial charge on any atom is 0.192 e. The van der Waals surface area contributed by atoms with Gasteiger partial charge in [0.15, 0.2) is 16.6 Å². The molecule has 1 saturated carbocycles. The predicted molar refractivity (Wildman–Crippen MR) is 155 cm³/mol. The first-order valence-corrected chi connectivity index (χ1v) is 19.9. The maximum atomic E-state index is 7.11. The Morgan fingerprint density at radius 1 is 1.15 bits per heavy atom. The highest BCUT2D eigenvalue weighted by atomic mass is 28.4. The Balaban J connectivity index is 2.23. The van der Waals surface area contributed by atoms with Crippen LogP contribution in [-0.2, 0) is 8.85 Å². The van der Waals surface area contributed by atoms with Crippen molar-refractivity contribution in [2.45, 2.75) is 148 Å². The van der Waals surface area contributed by atoms with Gasteiger partial charge in [-0.25, -0.2) is 0 Å². The van der Waals surface area contributed by atoms with Gasteiger partial charge in [0.05, 0.1) is 11.7 Å². The zero-order chi connectivity index (χ0) is 25.8. The van der Waals surface area contributed by atoms with Gasteiger partial charge in [-0.05, 0) is 93.5 Å². The molecule has 2 nitrogen and oxygen atoms in total. The molecule has 0 N–H and O–H groups in total. The van der Waals surface area contributed by atoms with Gasteiger partial charge in [0.2, 0.25) is 0 Å². The number of hydrogen-bond donors (Lipinski definition) is 0. The number of hydrogen-bond acceptors (Lipinski definition) is 2. The molecule has 0 saturated heterocycles. The first kappa shape index (κ1) is 30.1. The van der Waals surface area contributed by atoms with Gasteiger partial charge in [-0.2, -0.15) is 0 Å². The topological polar surface area (TPSA) is 18.5 Å². The summed E-state index contributed by atoms with van der Waals surface area (Å²) < 4.78 is 14.2. The minimum absolute atomic E-state index is 0.0248. The standard InChI is InChI=1S/C30H58O2Si2/c1-12-18-27-26(20-21-28(27)31-34(14-3,15-4)16-5)25(13-2)24-19-17-22-30(9,23-24)32-33(10,11)29(6,7)8/h12,20,24-25,27-28H,1,13-19,21-23H2,2-11H3. The molecular weight excluding hydrogens is 449 g/mol. The summed E-state index contributed by atoms with van der Waals surface area (Å²) in [4.78, 5) is 0. The third kappa shape index (κ3) is 6.78. The van der Waals surface area contributed by atoms with Gasteiger partial charge in [-0.1, -0.05) is 72.6 Å². The summed E-state index contributed by atoms with van der Waals surface area (Å²) in [5.74, 6) is 1.90. The van der Waals surface area contributed by atoms with Crippen molar-refractivity contribution in [1.29, 1.82) is 0 Å². The van der Waals surface area contributed by atoms with Crippen LogP contribution in [0.25, 0.3) is 0 Å². The summed E-state index contributed by atoms with van der Waals surface area (Å²) in [6.07, 6.45) is 13.5. The molecule has 0 aromatic carbocycles. The molecular formula is C30H58O2Si2. The van der Waals surface area contributed by atoms with E-state index in [0.29, 0.717) is 17.9 Å². The van der Waals surface area contributed by atoms with E-state index in [9.17, 15) is 0 Å². The molecule has 34 heavy (non-hydrogen) atoms. The van der Waals surface area contributed by atoms with Crippen LogP contribution in [0.4, 0.5) is 0 Å². The van der Waals surface area contributed by atoms with Gasteiger partial charge in [0.25, 0.3) is 0 Å². The SMILES string of the molecule is C=CCC1C(C(CC)C2CCCC(C)(O[Si](C)(C)C(C)(C)C)C2)=CCC1O[Si](CC)(CC)CC. The second-order valence-electron chi connectivity index (χ2n) is 13.2. The Hall–Kier alpha value is -0.166. The largest absolute Gasteiger partial charge is 0.413 e. The van der Waals surface area contributed by atoms with Crippen LogP contribution in [0.3, 0.4) is 0 Å². The molecule has 4 heteroatoms. The van der Waals surface area contributed by atoms with Crippen molar-refractivity contribution in [2.75, 3.05) is 0 Å². The maximum absolute atomic E-state index is 7.11. The smallest absolute Gasteiger partial charge is 0.192 e. The fourth-order valence-electron chi connectivity index (χ4n) is 6.67. The quantitative estimate of drug-likeness (QED) is 0.194. The molecule has 0 spiro atoms. The highest BCUT2D eigenvalue weighted by Crippen LogP contribution is 2.49. The van der Waals surface area contributed by atoms with Crippen molar-refractivity contribution in [3.8, 4) is 0 Å². The summed E-state index contributed by atoms with van der Waals surface area (Å²) >= 11 is 0. The Bertz CT molecular complexity index is 680. The van der Waals surface area contributed by atoms with Crippen molar-refractivity contribution in [3.63, 3.8) is 0 Å². The lowest BCUT2D eigenvalue weighted by atomic mass is 9.68. The summed E-state index contributed by atoms with van der Waals surface area (Å²) in [5.41, 5.74) is 1.72. The van der Waals surface area contributed by atoms with Crippen molar-refractivity contribution < 1.29 is 8.85 Å². The predicted octanol–water partition coefficient (Wildman–Crippen LogP) is 9.90. The van der Waals surface area contributed by atoms with E-state index in [4.69, 9.17) is 8.85 Å². The van der Waals surface area contributed by atoms with Crippen LogP contribution in [0.1, 0.15) is 100 Å². The molecule has 1 fully saturated rings. The van der Waals surface area contributed by atoms with E-state index in [0.717, 1.165) is 18.8 Å². The average Bonchev–Trinajstić information content (AvgIpc) is 3.13. The molecule has 0 heterocycles. The minimum Gasteiger partial charge on any atom is -0.413 e. The molecule has 0 aromatic rings. The molecule has 5 unspecified atom stereocenters. The fourth-order valence-corrected chi connectivity index (χ4v) is 11.3. The van der Waals surface area contributed by atoms with Crippen LogP contribution >= 0.6 is 0 Å². The first-order chi connectivity index (χ1) is 15.8. The molecule has 5 atom stereocenters. The Morgan fingerprint density at radius 2 is 1.76 bits per heavy atom. The second-order valence-corrected chi connectivity index (χ2v) is 22.6. The van der Waals surface area contributed by atoms with Gasteiger partial charge in [0, 0.05) is 5.92 Å². The summed E-state index contributed by atoms with van der Waals surface area (Å²) in [6, 6.07) is 3.70. The van der Waals surface area contributed by atoms with Gasteiger partial charge in [-0.15, -0.1) is 6.58 Å². The Morgan fingerprint density at radius 3 is 2.26 bits per heavy atom. The van der Waals surface area contributed by atoms with Crippen molar-refractivity contribution >= 4 is 16.6 Å². The number of allylic oxidation sites excluding steroid dienone is 1. The van der Waals surface area contributed by atoms with Crippen molar-refractivity contribution in [2.24, 2.45) is 17.8 Å². The Kier molecular flexibility index (Phi) is 10.5. The van der Waals surface area contributed by atoms with E-state index < -0.39 is 16.6 Å². The fraction of sp³-hybridized carbons (Fsp3) is 0.867. The third-order valence-corrected chi connectivity index (χ3v) is 19.2. The van der Waals surface area contributed by atoms with Crippen LogP contribution in [0, 0.1) is 17.8 Å². The van der Waals surface area contributed by atoms with E-state index in [1.807, 2.05) is 0 Å². The van der Waals surface area contributed by atoms with Crippen LogP contribution in [0.2, 0.25) is 36.3 Å². The zero-order valence-electron chi connectivity index (χ0n) is 24.6. The van der Waals surface area contributed by atoms with Gasteiger partial charge >= 0.3 is 0 Å². The lowest BCUT2D eigenvalue weighted by molar-refractivity contribution is 0.00139. The third-order valence-electron chi connectivity index (χ3n) is 9.94. The van der Waals surface area contributed by atoms with Crippen LogP contribution in [-0.4, -0.2) is 28.3 Å².